The number of fused-ring (bicyclic) bond motifs is 1. The highest BCUT2D eigenvalue weighted by Crippen LogP contribution is 2.43. The van der Waals surface area contributed by atoms with Gasteiger partial charge in [0.1, 0.15) is 9.39 Å². The van der Waals surface area contributed by atoms with Gasteiger partial charge in [-0.25, -0.2) is 9.78 Å². The van der Waals surface area contributed by atoms with Crippen molar-refractivity contribution in [3.05, 3.63) is 73.7 Å². The highest BCUT2D eigenvalue weighted by molar-refractivity contribution is 14.1. The van der Waals surface area contributed by atoms with E-state index in [1.54, 1.807) is 36.7 Å². The van der Waals surface area contributed by atoms with Crippen LogP contribution in [0.1, 0.15) is 35.6 Å². The molecule has 1 aromatic carbocycles. The number of aryl methyl sites for hydroxylation is 1. The van der Waals surface area contributed by atoms with E-state index in [9.17, 15) is 9.59 Å². The molecule has 0 aliphatic carbocycles. The van der Waals surface area contributed by atoms with Gasteiger partial charge < -0.3 is 18.9 Å². The number of esters is 1. The number of carbonyl (C=O) groups is 1. The highest BCUT2D eigenvalue weighted by atomic mass is 127. The van der Waals surface area contributed by atoms with Crippen molar-refractivity contribution in [2.45, 2.75) is 27.3 Å². The number of aromatic nitrogens is 3. The number of halogens is 1. The van der Waals surface area contributed by atoms with E-state index in [4.69, 9.17) is 18.9 Å². The summed E-state index contributed by atoms with van der Waals surface area (Å²) < 4.78 is 23.7. The standard InChI is InChI=1S/C26H24IN3O6.C2H6/c1-14-10-15(6-8-28-14)13-30-22(26(32)36-5)20(17-7-9-29-24(27)21(17)25(30)31)16-11-18(33-2)23(35-4)19(12-16)34-3;1-2/h6-12H,13H2,1-5H3;1-2H3. The number of ether oxygens (including phenoxy) is 4. The maximum absolute atomic E-state index is 13.8. The summed E-state index contributed by atoms with van der Waals surface area (Å²) >= 11 is 2.03. The molecule has 0 radical (unpaired) electrons. The minimum Gasteiger partial charge on any atom is -0.493 e. The molecule has 0 spiro atoms. The van der Waals surface area contributed by atoms with E-state index in [0.717, 1.165) is 11.3 Å². The smallest absolute Gasteiger partial charge is 0.355 e. The topological polar surface area (TPSA) is 102 Å². The fraction of sp³-hybridized carbons (Fsp3) is 0.286. The molecule has 0 saturated heterocycles. The number of rotatable bonds is 7. The molecule has 0 N–H and O–H groups in total. The highest BCUT2D eigenvalue weighted by Gasteiger charge is 2.27. The SMILES string of the molecule is CC.COC(=O)c1c(-c2cc(OC)c(OC)c(OC)c2)c2ccnc(I)c2c(=O)n1Cc1ccnc(C)c1. The number of pyridine rings is 3. The first-order chi connectivity index (χ1) is 18.3. The summed E-state index contributed by atoms with van der Waals surface area (Å²) in [5, 5.41) is 0.941. The van der Waals surface area contributed by atoms with E-state index in [1.165, 1.54) is 33.0 Å². The van der Waals surface area contributed by atoms with Gasteiger partial charge in [-0.05, 0) is 71.0 Å². The molecule has 0 atom stereocenters. The van der Waals surface area contributed by atoms with Gasteiger partial charge in [0.2, 0.25) is 5.75 Å². The van der Waals surface area contributed by atoms with Crippen molar-refractivity contribution in [3.63, 3.8) is 0 Å². The zero-order valence-corrected chi connectivity index (χ0v) is 24.6. The Bertz CT molecular complexity index is 1510. The van der Waals surface area contributed by atoms with E-state index in [-0.39, 0.29) is 17.8 Å². The average molecular weight is 631 g/mol. The van der Waals surface area contributed by atoms with Crippen LogP contribution >= 0.6 is 22.6 Å². The zero-order chi connectivity index (χ0) is 28.0. The van der Waals surface area contributed by atoms with E-state index in [1.807, 2.05) is 49.4 Å². The monoisotopic (exact) mass is 631 g/mol. The molecule has 3 aromatic heterocycles. The van der Waals surface area contributed by atoms with Crippen molar-refractivity contribution in [2.75, 3.05) is 28.4 Å². The molecule has 38 heavy (non-hydrogen) atoms. The Kier molecular flexibility index (Phi) is 9.67. The van der Waals surface area contributed by atoms with Gasteiger partial charge in [0, 0.05) is 29.0 Å². The molecule has 4 rings (SSSR count). The predicted octanol–water partition coefficient (Wildman–Crippen LogP) is 5.26. The fourth-order valence-electron chi connectivity index (χ4n) is 4.21. The molecule has 9 nitrogen and oxygen atoms in total. The van der Waals surface area contributed by atoms with Crippen LogP contribution in [0.4, 0.5) is 0 Å². The number of methoxy groups -OCH3 is 4. The van der Waals surface area contributed by atoms with Gasteiger partial charge in [-0.15, -0.1) is 0 Å². The lowest BCUT2D eigenvalue weighted by Gasteiger charge is -2.20. The quantitative estimate of drug-likeness (QED) is 0.155. The first kappa shape index (κ1) is 28.9. The third kappa shape index (κ3) is 5.45. The summed E-state index contributed by atoms with van der Waals surface area (Å²) in [5.41, 5.74) is 2.42. The van der Waals surface area contributed by atoms with Crippen LogP contribution < -0.4 is 19.8 Å². The van der Waals surface area contributed by atoms with E-state index in [2.05, 4.69) is 9.97 Å². The molecule has 0 aliphatic rings. The van der Waals surface area contributed by atoms with Gasteiger partial charge in [0.15, 0.2) is 11.5 Å². The van der Waals surface area contributed by atoms with Crippen molar-refractivity contribution in [2.24, 2.45) is 0 Å². The third-order valence-corrected chi connectivity index (χ3v) is 6.59. The largest absolute Gasteiger partial charge is 0.493 e. The van der Waals surface area contributed by atoms with Crippen molar-refractivity contribution in [1.82, 2.24) is 14.5 Å². The van der Waals surface area contributed by atoms with Crippen molar-refractivity contribution in [1.29, 1.82) is 0 Å². The molecule has 10 heteroatoms. The number of hydrogen-bond acceptors (Lipinski definition) is 8. The second kappa shape index (κ2) is 12.7. The van der Waals surface area contributed by atoms with Crippen molar-refractivity contribution in [3.8, 4) is 28.4 Å². The maximum atomic E-state index is 13.8. The summed E-state index contributed by atoms with van der Waals surface area (Å²) in [4.78, 5) is 35.7. The molecule has 0 fully saturated rings. The van der Waals surface area contributed by atoms with Crippen LogP contribution in [0.5, 0.6) is 17.2 Å². The Morgan fingerprint density at radius 2 is 1.58 bits per heavy atom. The van der Waals surface area contributed by atoms with E-state index in [0.29, 0.717) is 42.8 Å². The second-order valence-corrected chi connectivity index (χ2v) is 8.87. The lowest BCUT2D eigenvalue weighted by Crippen LogP contribution is -2.29. The molecule has 0 saturated carbocycles. The minimum atomic E-state index is -0.657. The Morgan fingerprint density at radius 3 is 2.13 bits per heavy atom. The average Bonchev–Trinajstić information content (AvgIpc) is 2.94. The van der Waals surface area contributed by atoms with Crippen LogP contribution in [0.25, 0.3) is 21.9 Å². The Morgan fingerprint density at radius 1 is 0.947 bits per heavy atom. The number of nitrogens with zero attached hydrogens (tertiary/aromatic N) is 3. The van der Waals surface area contributed by atoms with Crippen LogP contribution in [0, 0.1) is 10.6 Å². The van der Waals surface area contributed by atoms with Crippen LogP contribution in [0.15, 0.2) is 47.5 Å². The molecule has 0 amide bonds. The molecule has 0 aliphatic heterocycles. The van der Waals surface area contributed by atoms with Gasteiger partial charge in [-0.1, -0.05) is 13.8 Å². The third-order valence-electron chi connectivity index (χ3n) is 5.77. The summed E-state index contributed by atoms with van der Waals surface area (Å²) in [6.07, 6.45) is 3.27. The molecule has 3 heterocycles. The lowest BCUT2D eigenvalue weighted by atomic mass is 9.96. The summed E-state index contributed by atoms with van der Waals surface area (Å²) in [7, 11) is 5.83. The zero-order valence-electron chi connectivity index (χ0n) is 22.4. The van der Waals surface area contributed by atoms with Crippen LogP contribution in [0.2, 0.25) is 0 Å². The molecule has 200 valence electrons. The van der Waals surface area contributed by atoms with Gasteiger partial charge in [-0.2, -0.15) is 0 Å². The first-order valence-electron chi connectivity index (χ1n) is 11.9. The molecule has 4 aromatic rings. The number of benzene rings is 1. The summed E-state index contributed by atoms with van der Waals surface area (Å²) in [6, 6.07) is 8.86. The maximum Gasteiger partial charge on any atom is 0.355 e. The number of carbonyl (C=O) groups excluding carboxylic acids is 1. The Hall–Kier alpha value is -3.67. The molecule has 0 unspecified atom stereocenters. The second-order valence-electron chi connectivity index (χ2n) is 7.85. The van der Waals surface area contributed by atoms with Gasteiger partial charge in [0.25, 0.3) is 5.56 Å². The van der Waals surface area contributed by atoms with Crippen molar-refractivity contribution < 1.29 is 23.7 Å². The minimum absolute atomic E-state index is 0.0979. The normalized spacial score (nSPS) is 10.4. The summed E-state index contributed by atoms with van der Waals surface area (Å²) in [6.45, 7) is 5.99. The van der Waals surface area contributed by atoms with Crippen LogP contribution in [-0.2, 0) is 11.3 Å². The van der Waals surface area contributed by atoms with Crippen LogP contribution in [0.3, 0.4) is 0 Å². The Balaban J connectivity index is 0.00000195. The van der Waals surface area contributed by atoms with Gasteiger partial charge >= 0.3 is 5.97 Å². The van der Waals surface area contributed by atoms with Crippen LogP contribution in [-0.4, -0.2) is 48.9 Å². The lowest BCUT2D eigenvalue weighted by molar-refractivity contribution is 0.0588. The van der Waals surface area contributed by atoms with Gasteiger partial charge in [0.05, 0.1) is 40.4 Å². The predicted molar refractivity (Wildman–Crippen MR) is 155 cm³/mol. The van der Waals surface area contributed by atoms with Crippen molar-refractivity contribution >= 4 is 39.3 Å². The van der Waals surface area contributed by atoms with E-state index >= 15 is 0 Å². The van der Waals surface area contributed by atoms with Gasteiger partial charge in [-0.3, -0.25) is 14.3 Å². The fourth-order valence-corrected chi connectivity index (χ4v) is 4.89. The molecule has 0 bridgehead atoms. The Labute approximate surface area is 234 Å². The van der Waals surface area contributed by atoms with E-state index < -0.39 is 5.97 Å². The summed E-state index contributed by atoms with van der Waals surface area (Å²) in [5.74, 6) is 0.559. The molecular formula is C28H30IN3O6. The first-order valence-corrected chi connectivity index (χ1v) is 12.9. The molecular weight excluding hydrogens is 601 g/mol. The number of hydrogen-bond donors (Lipinski definition) is 0.